The second-order valence-electron chi connectivity index (χ2n) is 5.54. The highest BCUT2D eigenvalue weighted by atomic mass is 32.2. The largest absolute Gasteiger partial charge is 0.322 e. The van der Waals surface area contributed by atoms with Crippen LogP contribution in [0.4, 0.5) is 5.69 Å². The molecule has 4 nitrogen and oxygen atoms in total. The van der Waals surface area contributed by atoms with Gasteiger partial charge in [-0.2, -0.15) is 0 Å². The zero-order chi connectivity index (χ0) is 16.3. The summed E-state index contributed by atoms with van der Waals surface area (Å²) in [6, 6.07) is 12.4. The van der Waals surface area contributed by atoms with Gasteiger partial charge in [-0.1, -0.05) is 29.8 Å². The van der Waals surface area contributed by atoms with E-state index >= 15 is 0 Å². The monoisotopic (exact) mass is 317 g/mol. The van der Waals surface area contributed by atoms with E-state index in [1.54, 1.807) is 24.3 Å². The van der Waals surface area contributed by atoms with Gasteiger partial charge in [0.15, 0.2) is 9.84 Å². The van der Waals surface area contributed by atoms with Crippen LogP contribution < -0.4 is 5.32 Å². The van der Waals surface area contributed by atoms with Gasteiger partial charge in [-0.15, -0.1) is 0 Å². The quantitative estimate of drug-likeness (QED) is 0.942. The van der Waals surface area contributed by atoms with Crippen molar-refractivity contribution < 1.29 is 13.2 Å². The maximum absolute atomic E-state index is 12.2. The number of sulfone groups is 1. The van der Waals surface area contributed by atoms with E-state index in [2.05, 4.69) is 5.32 Å². The Bertz CT molecular complexity index is 793. The first kappa shape index (κ1) is 16.2. The second-order valence-corrected chi connectivity index (χ2v) is 7.68. The molecule has 0 atom stereocenters. The molecule has 1 N–H and O–H groups in total. The number of carbonyl (C=O) groups excluding carboxylic acids is 1. The van der Waals surface area contributed by atoms with Gasteiger partial charge < -0.3 is 5.32 Å². The van der Waals surface area contributed by atoms with Crippen LogP contribution in [-0.2, 0) is 15.6 Å². The van der Waals surface area contributed by atoms with Gasteiger partial charge in [0, 0.05) is 17.5 Å². The van der Waals surface area contributed by atoms with Crippen molar-refractivity contribution in [2.75, 3.05) is 11.6 Å². The molecular formula is C17H19NO3S. The van der Waals surface area contributed by atoms with E-state index in [9.17, 15) is 13.2 Å². The lowest BCUT2D eigenvalue weighted by molar-refractivity contribution is 0.102. The molecular weight excluding hydrogens is 298 g/mol. The van der Waals surface area contributed by atoms with Gasteiger partial charge in [-0.3, -0.25) is 4.79 Å². The van der Waals surface area contributed by atoms with Crippen molar-refractivity contribution in [1.82, 2.24) is 0 Å². The van der Waals surface area contributed by atoms with Crippen molar-refractivity contribution in [2.45, 2.75) is 19.6 Å². The minimum absolute atomic E-state index is 0.0219. The summed E-state index contributed by atoms with van der Waals surface area (Å²) >= 11 is 0. The van der Waals surface area contributed by atoms with E-state index in [0.717, 1.165) is 16.8 Å². The standard InChI is InChI=1S/C17H19NO3S/c1-12-4-9-16(13(2)10-12)18-17(19)15-7-5-14(6-8-15)11-22(3,20)21/h4-10H,11H2,1-3H3,(H,18,19). The molecule has 0 heterocycles. The summed E-state index contributed by atoms with van der Waals surface area (Å²) in [5, 5.41) is 2.86. The summed E-state index contributed by atoms with van der Waals surface area (Å²) in [6.45, 7) is 3.94. The molecule has 5 heteroatoms. The zero-order valence-corrected chi connectivity index (χ0v) is 13.7. The Hall–Kier alpha value is -2.14. The van der Waals surface area contributed by atoms with E-state index in [1.165, 1.54) is 6.26 Å². The molecule has 0 aromatic heterocycles. The number of amides is 1. The molecule has 0 saturated carbocycles. The van der Waals surface area contributed by atoms with Gasteiger partial charge >= 0.3 is 0 Å². The lowest BCUT2D eigenvalue weighted by atomic mass is 10.1. The average Bonchev–Trinajstić information content (AvgIpc) is 2.41. The molecule has 2 aromatic rings. The highest BCUT2D eigenvalue weighted by Gasteiger charge is 2.09. The first-order chi connectivity index (χ1) is 10.2. The number of rotatable bonds is 4. The maximum atomic E-state index is 12.2. The Balaban J connectivity index is 2.13. The molecule has 0 unspecified atom stereocenters. The Morgan fingerprint density at radius 1 is 1.05 bits per heavy atom. The van der Waals surface area contributed by atoms with Crippen molar-refractivity contribution in [2.24, 2.45) is 0 Å². The fraction of sp³-hybridized carbons (Fsp3) is 0.235. The summed E-state index contributed by atoms with van der Waals surface area (Å²) in [6.07, 6.45) is 1.19. The van der Waals surface area contributed by atoms with Crippen LogP contribution in [0.25, 0.3) is 0 Å². The Morgan fingerprint density at radius 3 is 2.23 bits per heavy atom. The van der Waals surface area contributed by atoms with Crippen LogP contribution in [0.15, 0.2) is 42.5 Å². The summed E-state index contributed by atoms with van der Waals surface area (Å²) in [7, 11) is -3.07. The summed E-state index contributed by atoms with van der Waals surface area (Å²) in [5.41, 5.74) is 4.08. The van der Waals surface area contributed by atoms with E-state index in [1.807, 2.05) is 32.0 Å². The Kier molecular flexibility index (Phi) is 4.66. The second kappa shape index (κ2) is 6.32. The summed E-state index contributed by atoms with van der Waals surface area (Å²) < 4.78 is 22.5. The summed E-state index contributed by atoms with van der Waals surface area (Å²) in [5.74, 6) is -0.232. The van der Waals surface area contributed by atoms with Gasteiger partial charge in [0.2, 0.25) is 0 Å². The van der Waals surface area contributed by atoms with Gasteiger partial charge in [-0.25, -0.2) is 8.42 Å². The number of hydrogen-bond donors (Lipinski definition) is 1. The van der Waals surface area contributed by atoms with E-state index in [4.69, 9.17) is 0 Å². The minimum atomic E-state index is -3.07. The molecule has 1 amide bonds. The number of aryl methyl sites for hydroxylation is 2. The molecule has 0 radical (unpaired) electrons. The molecule has 0 fully saturated rings. The van der Waals surface area contributed by atoms with Gasteiger partial charge in [-0.05, 0) is 43.2 Å². The highest BCUT2D eigenvalue weighted by Crippen LogP contribution is 2.17. The zero-order valence-electron chi connectivity index (χ0n) is 12.9. The third-order valence-corrected chi connectivity index (χ3v) is 4.13. The van der Waals surface area contributed by atoms with E-state index < -0.39 is 9.84 Å². The Labute approximate surface area is 131 Å². The molecule has 0 aliphatic heterocycles. The third kappa shape index (κ3) is 4.43. The van der Waals surface area contributed by atoms with Crippen LogP contribution in [0.1, 0.15) is 27.0 Å². The van der Waals surface area contributed by atoms with Gasteiger partial charge in [0.25, 0.3) is 5.91 Å². The smallest absolute Gasteiger partial charge is 0.255 e. The molecule has 2 rings (SSSR count). The SMILES string of the molecule is Cc1ccc(NC(=O)c2ccc(CS(C)(=O)=O)cc2)c(C)c1. The number of hydrogen-bond acceptors (Lipinski definition) is 3. The number of benzene rings is 2. The number of carbonyl (C=O) groups is 1. The minimum Gasteiger partial charge on any atom is -0.322 e. The van der Waals surface area contributed by atoms with Crippen LogP contribution in [0.2, 0.25) is 0 Å². The van der Waals surface area contributed by atoms with Gasteiger partial charge in [0.1, 0.15) is 0 Å². The first-order valence-electron chi connectivity index (χ1n) is 6.90. The predicted octanol–water partition coefficient (Wildman–Crippen LogP) is 3.10. The fourth-order valence-electron chi connectivity index (χ4n) is 2.20. The molecule has 0 spiro atoms. The van der Waals surface area contributed by atoms with Crippen molar-refractivity contribution in [1.29, 1.82) is 0 Å². The van der Waals surface area contributed by atoms with Crippen LogP contribution in [0.5, 0.6) is 0 Å². The lowest BCUT2D eigenvalue weighted by Crippen LogP contribution is -2.13. The molecule has 0 aliphatic carbocycles. The molecule has 0 bridgehead atoms. The van der Waals surface area contributed by atoms with Crippen LogP contribution in [-0.4, -0.2) is 20.6 Å². The topological polar surface area (TPSA) is 63.2 Å². The van der Waals surface area contributed by atoms with E-state index in [0.29, 0.717) is 11.1 Å². The fourth-order valence-corrected chi connectivity index (χ4v) is 3.00. The van der Waals surface area contributed by atoms with Crippen LogP contribution in [0.3, 0.4) is 0 Å². The maximum Gasteiger partial charge on any atom is 0.255 e. The Morgan fingerprint density at radius 2 is 1.68 bits per heavy atom. The third-order valence-electron chi connectivity index (χ3n) is 3.28. The summed E-state index contributed by atoms with van der Waals surface area (Å²) in [4.78, 5) is 12.2. The van der Waals surface area contributed by atoms with Crippen molar-refractivity contribution in [3.05, 3.63) is 64.7 Å². The predicted molar refractivity (Wildman–Crippen MR) is 88.9 cm³/mol. The van der Waals surface area contributed by atoms with E-state index in [-0.39, 0.29) is 11.7 Å². The number of anilines is 1. The normalized spacial score (nSPS) is 11.2. The first-order valence-corrected chi connectivity index (χ1v) is 8.96. The van der Waals surface area contributed by atoms with Gasteiger partial charge in [0.05, 0.1) is 5.75 Å². The average molecular weight is 317 g/mol. The molecule has 0 saturated heterocycles. The van der Waals surface area contributed by atoms with Crippen molar-refractivity contribution in [3.63, 3.8) is 0 Å². The van der Waals surface area contributed by atoms with Crippen molar-refractivity contribution in [3.8, 4) is 0 Å². The van der Waals surface area contributed by atoms with Crippen LogP contribution >= 0.6 is 0 Å². The molecule has 22 heavy (non-hydrogen) atoms. The lowest BCUT2D eigenvalue weighted by Gasteiger charge is -2.09. The van der Waals surface area contributed by atoms with Crippen LogP contribution in [0, 0.1) is 13.8 Å². The highest BCUT2D eigenvalue weighted by molar-refractivity contribution is 7.89. The number of nitrogens with one attached hydrogen (secondary N) is 1. The molecule has 116 valence electrons. The van der Waals surface area contributed by atoms with Crippen molar-refractivity contribution >= 4 is 21.4 Å². The molecule has 0 aliphatic rings. The molecule has 2 aromatic carbocycles.